The van der Waals surface area contributed by atoms with E-state index >= 15 is 0 Å². The Labute approximate surface area is 153 Å². The highest BCUT2D eigenvalue weighted by molar-refractivity contribution is 5.77. The second kappa shape index (κ2) is 8.21. The number of rotatable bonds is 7. The topological polar surface area (TPSA) is 47.6 Å². The number of amides is 1. The number of fused-ring (bicyclic) bond motifs is 1. The number of aryl methyl sites for hydroxylation is 1. The Bertz CT molecular complexity index is 791. The Balaban J connectivity index is 1.57. The summed E-state index contributed by atoms with van der Waals surface area (Å²) >= 11 is 0. The molecule has 5 heteroatoms. The normalized spacial score (nSPS) is 15.4. The lowest BCUT2D eigenvalue weighted by Crippen LogP contribution is -2.27. The first-order chi connectivity index (χ1) is 12.6. The maximum Gasteiger partial charge on any atom is 0.220 e. The number of benzene rings is 2. The number of carbonyl (C=O) groups is 1. The number of halogens is 1. The van der Waals surface area contributed by atoms with Gasteiger partial charge in [0.25, 0.3) is 0 Å². The van der Waals surface area contributed by atoms with Crippen molar-refractivity contribution in [3.8, 4) is 11.5 Å². The minimum Gasteiger partial charge on any atom is -0.493 e. The summed E-state index contributed by atoms with van der Waals surface area (Å²) < 4.78 is 24.3. The molecule has 2 aromatic rings. The average Bonchev–Trinajstić information content (AvgIpc) is 3.03. The second-order valence-electron chi connectivity index (χ2n) is 6.54. The number of methoxy groups -OCH3 is 2. The van der Waals surface area contributed by atoms with Crippen LogP contribution in [-0.2, 0) is 17.6 Å². The molecule has 0 bridgehead atoms. The Morgan fingerprint density at radius 2 is 1.92 bits per heavy atom. The van der Waals surface area contributed by atoms with Gasteiger partial charge in [-0.25, -0.2) is 4.39 Å². The zero-order chi connectivity index (χ0) is 18.5. The maximum absolute atomic E-state index is 13.6. The van der Waals surface area contributed by atoms with Crippen LogP contribution in [-0.4, -0.2) is 26.7 Å². The molecule has 4 nitrogen and oxygen atoms in total. The molecule has 1 aliphatic rings. The lowest BCUT2D eigenvalue weighted by atomic mass is 9.97. The molecule has 0 saturated heterocycles. The minimum atomic E-state index is -0.229. The fraction of sp³-hybridized carbons (Fsp3) is 0.381. The molecule has 1 amide bonds. The average molecular weight is 357 g/mol. The molecular formula is C21H24FNO3. The summed E-state index contributed by atoms with van der Waals surface area (Å²) in [7, 11) is 3.24. The number of hydrogen-bond acceptors (Lipinski definition) is 3. The molecule has 2 aromatic carbocycles. The molecule has 1 N–H and O–H groups in total. The Kier molecular flexibility index (Phi) is 5.76. The first kappa shape index (κ1) is 18.2. The summed E-state index contributed by atoms with van der Waals surface area (Å²) in [5.74, 6) is 1.36. The third-order valence-corrected chi connectivity index (χ3v) is 4.95. The molecule has 26 heavy (non-hydrogen) atoms. The molecule has 138 valence electrons. The van der Waals surface area contributed by atoms with Crippen molar-refractivity contribution >= 4 is 5.91 Å². The molecule has 1 atom stereocenters. The van der Waals surface area contributed by atoms with Gasteiger partial charge in [-0.3, -0.25) is 4.79 Å². The van der Waals surface area contributed by atoms with Crippen molar-refractivity contribution in [2.75, 3.05) is 20.8 Å². The summed E-state index contributed by atoms with van der Waals surface area (Å²) in [6, 6.07) is 10.6. The van der Waals surface area contributed by atoms with Crippen molar-refractivity contribution in [3.63, 3.8) is 0 Å². The van der Waals surface area contributed by atoms with Crippen molar-refractivity contribution in [1.29, 1.82) is 0 Å². The van der Waals surface area contributed by atoms with E-state index in [9.17, 15) is 9.18 Å². The number of nitrogens with one attached hydrogen (secondary N) is 1. The third kappa shape index (κ3) is 3.98. The predicted octanol–water partition coefficient (Wildman–Crippen LogP) is 3.62. The Morgan fingerprint density at radius 3 is 2.65 bits per heavy atom. The second-order valence-corrected chi connectivity index (χ2v) is 6.54. The van der Waals surface area contributed by atoms with E-state index in [4.69, 9.17) is 9.47 Å². The van der Waals surface area contributed by atoms with Crippen molar-refractivity contribution in [2.24, 2.45) is 0 Å². The van der Waals surface area contributed by atoms with Crippen LogP contribution in [0.15, 0.2) is 36.4 Å². The zero-order valence-electron chi connectivity index (χ0n) is 15.2. The Hall–Kier alpha value is -2.56. The number of hydrogen-bond donors (Lipinski definition) is 1. The van der Waals surface area contributed by atoms with Gasteiger partial charge < -0.3 is 14.8 Å². The molecule has 0 radical (unpaired) electrons. The van der Waals surface area contributed by atoms with Crippen LogP contribution in [0.1, 0.15) is 35.4 Å². The standard InChI is InChI=1S/C21H24FNO3/c1-25-19-11-15-7-8-16(17(15)13-20(19)26-2)12-21(24)23-10-9-14-5-3-4-6-18(14)22/h3-6,11,13,16H,7-10,12H2,1-2H3,(H,23,24). The molecule has 0 heterocycles. The molecule has 0 fully saturated rings. The number of carbonyl (C=O) groups excluding carboxylic acids is 1. The van der Waals surface area contributed by atoms with E-state index in [0.717, 1.165) is 24.2 Å². The Morgan fingerprint density at radius 1 is 1.19 bits per heavy atom. The van der Waals surface area contributed by atoms with Crippen molar-refractivity contribution in [3.05, 3.63) is 58.9 Å². The quantitative estimate of drug-likeness (QED) is 0.823. The van der Waals surface area contributed by atoms with Gasteiger partial charge in [-0.15, -0.1) is 0 Å². The highest BCUT2D eigenvalue weighted by Gasteiger charge is 2.26. The van der Waals surface area contributed by atoms with E-state index < -0.39 is 0 Å². The predicted molar refractivity (Wildman–Crippen MR) is 98.3 cm³/mol. The fourth-order valence-electron chi connectivity index (χ4n) is 3.56. The molecule has 1 aliphatic carbocycles. The van der Waals surface area contributed by atoms with E-state index in [1.54, 1.807) is 32.4 Å². The first-order valence-corrected chi connectivity index (χ1v) is 8.87. The summed E-state index contributed by atoms with van der Waals surface area (Å²) in [4.78, 5) is 12.3. The maximum atomic E-state index is 13.6. The van der Waals surface area contributed by atoms with Crippen molar-refractivity contribution in [1.82, 2.24) is 5.32 Å². The molecular weight excluding hydrogens is 333 g/mol. The van der Waals surface area contributed by atoms with Gasteiger partial charge in [-0.2, -0.15) is 0 Å². The first-order valence-electron chi connectivity index (χ1n) is 8.87. The highest BCUT2D eigenvalue weighted by atomic mass is 19.1. The van der Waals surface area contributed by atoms with E-state index in [2.05, 4.69) is 5.32 Å². The largest absolute Gasteiger partial charge is 0.493 e. The summed E-state index contributed by atoms with van der Waals surface area (Å²) in [5.41, 5.74) is 2.99. The monoisotopic (exact) mass is 357 g/mol. The van der Waals surface area contributed by atoms with E-state index in [0.29, 0.717) is 30.7 Å². The lowest BCUT2D eigenvalue weighted by Gasteiger charge is -2.15. The summed E-state index contributed by atoms with van der Waals surface area (Å²) in [6.07, 6.45) is 2.79. The van der Waals surface area contributed by atoms with Gasteiger partial charge in [0.2, 0.25) is 5.91 Å². The van der Waals surface area contributed by atoms with E-state index in [-0.39, 0.29) is 17.6 Å². The molecule has 1 unspecified atom stereocenters. The van der Waals surface area contributed by atoms with Crippen LogP contribution in [0.25, 0.3) is 0 Å². The fourth-order valence-corrected chi connectivity index (χ4v) is 3.56. The van der Waals surface area contributed by atoms with Crippen molar-refractivity contribution < 1.29 is 18.7 Å². The van der Waals surface area contributed by atoms with Gasteiger partial charge in [0.1, 0.15) is 5.82 Å². The molecule has 0 aliphatic heterocycles. The molecule has 0 aromatic heterocycles. The van der Waals surface area contributed by atoms with Crippen LogP contribution in [0, 0.1) is 5.82 Å². The van der Waals surface area contributed by atoms with Gasteiger partial charge >= 0.3 is 0 Å². The van der Waals surface area contributed by atoms with Gasteiger partial charge in [-0.05, 0) is 60.1 Å². The van der Waals surface area contributed by atoms with Crippen LogP contribution in [0.5, 0.6) is 11.5 Å². The SMILES string of the molecule is COc1cc2c(cc1OC)C(CC(=O)NCCc1ccccc1F)CC2. The van der Waals surface area contributed by atoms with Crippen LogP contribution in [0.2, 0.25) is 0 Å². The highest BCUT2D eigenvalue weighted by Crippen LogP contribution is 2.41. The minimum absolute atomic E-state index is 0.00558. The smallest absolute Gasteiger partial charge is 0.220 e. The van der Waals surface area contributed by atoms with Crippen LogP contribution >= 0.6 is 0 Å². The van der Waals surface area contributed by atoms with Gasteiger partial charge in [0.15, 0.2) is 11.5 Å². The van der Waals surface area contributed by atoms with Gasteiger partial charge in [-0.1, -0.05) is 18.2 Å². The lowest BCUT2D eigenvalue weighted by molar-refractivity contribution is -0.121. The zero-order valence-corrected chi connectivity index (χ0v) is 15.2. The van der Waals surface area contributed by atoms with Crippen molar-refractivity contribution in [2.45, 2.75) is 31.6 Å². The van der Waals surface area contributed by atoms with E-state index in [1.807, 2.05) is 12.1 Å². The van der Waals surface area contributed by atoms with Crippen LogP contribution in [0.4, 0.5) is 4.39 Å². The summed E-state index contributed by atoms with van der Waals surface area (Å²) in [5, 5.41) is 2.91. The van der Waals surface area contributed by atoms with Gasteiger partial charge in [0, 0.05) is 13.0 Å². The van der Waals surface area contributed by atoms with Gasteiger partial charge in [0.05, 0.1) is 14.2 Å². The van der Waals surface area contributed by atoms with Crippen LogP contribution < -0.4 is 14.8 Å². The third-order valence-electron chi connectivity index (χ3n) is 4.95. The number of ether oxygens (including phenoxy) is 2. The molecule has 3 rings (SSSR count). The molecule has 0 saturated carbocycles. The molecule has 0 spiro atoms. The van der Waals surface area contributed by atoms with E-state index in [1.165, 1.54) is 11.6 Å². The van der Waals surface area contributed by atoms with Crippen LogP contribution in [0.3, 0.4) is 0 Å². The summed E-state index contributed by atoms with van der Waals surface area (Å²) in [6.45, 7) is 0.436.